The van der Waals surface area contributed by atoms with Crippen LogP contribution in [0.4, 0.5) is 0 Å². The van der Waals surface area contributed by atoms with E-state index >= 15 is 0 Å². The molecule has 4 aliphatic rings. The van der Waals surface area contributed by atoms with Gasteiger partial charge in [-0.2, -0.15) is 0 Å². The predicted molar refractivity (Wildman–Crippen MR) is 165 cm³/mol. The van der Waals surface area contributed by atoms with E-state index in [4.69, 9.17) is 9.84 Å². The molecule has 0 spiro atoms. The number of hydrogen-bond acceptors (Lipinski definition) is 11. The Kier molecular flexibility index (Phi) is 12.8. The third-order valence-electron chi connectivity index (χ3n) is 10.2. The number of hydrogen-bond donors (Lipinski definition) is 2. The number of nitrogens with zero attached hydrogens (tertiary/aromatic N) is 1. The average molecular weight is 644 g/mol. The summed E-state index contributed by atoms with van der Waals surface area (Å²) in [6.07, 6.45) is 8.52. The molecule has 3 fully saturated rings. The lowest BCUT2D eigenvalue weighted by Gasteiger charge is -2.58. The van der Waals surface area contributed by atoms with Crippen molar-refractivity contribution in [3.63, 3.8) is 0 Å². The minimum Gasteiger partial charge on any atom is -0.468 e. The Balaban J connectivity index is 0.000000752. The summed E-state index contributed by atoms with van der Waals surface area (Å²) in [4.78, 5) is 61.9. The molecule has 0 heterocycles. The molecule has 0 saturated heterocycles. The van der Waals surface area contributed by atoms with Crippen molar-refractivity contribution in [3.05, 3.63) is 69.3 Å². The SMILES string of the molecule is CC12C=CC(=O)C=C1CCC1C2C(O)CC2(C)C(C(=O)COC(=O)Cc3cccc(CO[N+](=O)[O-])c3)CCC12.CCOC=O.CO. The van der Waals surface area contributed by atoms with Crippen LogP contribution in [0.3, 0.4) is 0 Å². The first-order valence-corrected chi connectivity index (χ1v) is 15.6. The molecule has 0 aromatic heterocycles. The smallest absolute Gasteiger partial charge is 0.310 e. The standard InChI is InChI=1S/C30H35NO8.C3H6O2.CH4O/c1-29-11-10-21(32)14-20(29)6-7-22-23-8-9-24(30(23,2)15-25(33)28(22)29)26(34)17-38-27(35)13-18-4-3-5-19(12-18)16-39-31(36)37;1-2-5-3-4;1-2/h3-5,10-12,14,22-25,28,33H,6-9,13,15-17H2,1-2H3;3H,2H2,1H3;2H,1H3. The summed E-state index contributed by atoms with van der Waals surface area (Å²) in [6, 6.07) is 6.69. The molecule has 5 rings (SSSR count). The Bertz CT molecular complexity index is 1340. The molecule has 1 aromatic carbocycles. The van der Waals surface area contributed by atoms with E-state index in [9.17, 15) is 34.4 Å². The van der Waals surface area contributed by atoms with Crippen molar-refractivity contribution in [1.29, 1.82) is 0 Å². The minimum atomic E-state index is -0.871. The van der Waals surface area contributed by atoms with Gasteiger partial charge in [-0.05, 0) is 79.6 Å². The number of ether oxygens (including phenoxy) is 2. The van der Waals surface area contributed by atoms with Crippen LogP contribution < -0.4 is 0 Å². The molecule has 3 saturated carbocycles. The lowest BCUT2D eigenvalue weighted by Crippen LogP contribution is -2.56. The molecule has 0 bridgehead atoms. The van der Waals surface area contributed by atoms with Crippen molar-refractivity contribution in [2.24, 2.45) is 34.5 Å². The van der Waals surface area contributed by atoms with Crippen molar-refractivity contribution in [3.8, 4) is 0 Å². The van der Waals surface area contributed by atoms with Crippen LogP contribution in [0.2, 0.25) is 0 Å². The number of carbonyl (C=O) groups excluding carboxylic acids is 4. The van der Waals surface area contributed by atoms with Crippen molar-refractivity contribution in [1.82, 2.24) is 0 Å². The zero-order chi connectivity index (χ0) is 34.1. The normalized spacial score (nSPS) is 30.3. The molecule has 0 amide bonds. The summed E-state index contributed by atoms with van der Waals surface area (Å²) in [5.74, 6) is -0.390. The zero-order valence-corrected chi connectivity index (χ0v) is 26.9. The van der Waals surface area contributed by atoms with Gasteiger partial charge in [-0.3, -0.25) is 19.2 Å². The van der Waals surface area contributed by atoms with Gasteiger partial charge >= 0.3 is 5.97 Å². The van der Waals surface area contributed by atoms with E-state index in [1.54, 1.807) is 43.3 Å². The van der Waals surface area contributed by atoms with Crippen LogP contribution in [0, 0.1) is 44.6 Å². The van der Waals surface area contributed by atoms with Crippen LogP contribution in [-0.2, 0) is 46.5 Å². The zero-order valence-electron chi connectivity index (χ0n) is 26.9. The Labute approximate surface area is 268 Å². The summed E-state index contributed by atoms with van der Waals surface area (Å²) >= 11 is 0. The molecular formula is C34H45NO11. The summed E-state index contributed by atoms with van der Waals surface area (Å²) in [6.45, 7) is 6.38. The summed E-state index contributed by atoms with van der Waals surface area (Å²) < 4.78 is 9.53. The number of carbonyl (C=O) groups is 4. The van der Waals surface area contributed by atoms with E-state index in [0.717, 1.165) is 31.9 Å². The highest BCUT2D eigenvalue weighted by atomic mass is 16.9. The van der Waals surface area contributed by atoms with Crippen LogP contribution in [0.25, 0.3) is 0 Å². The van der Waals surface area contributed by atoms with E-state index in [1.165, 1.54) is 0 Å². The Morgan fingerprint density at radius 2 is 1.87 bits per heavy atom. The van der Waals surface area contributed by atoms with Gasteiger partial charge in [0.25, 0.3) is 11.6 Å². The van der Waals surface area contributed by atoms with Gasteiger partial charge in [0.1, 0.15) is 13.2 Å². The second-order valence-electron chi connectivity index (χ2n) is 12.6. The van der Waals surface area contributed by atoms with Gasteiger partial charge in [-0.1, -0.05) is 49.8 Å². The van der Waals surface area contributed by atoms with Crippen molar-refractivity contribution in [2.45, 2.75) is 72.0 Å². The van der Waals surface area contributed by atoms with E-state index < -0.39 is 17.2 Å². The molecule has 12 heteroatoms. The first-order chi connectivity index (χ1) is 21.9. The number of allylic oxidation sites excluding steroid dienone is 4. The molecule has 252 valence electrons. The molecule has 0 aliphatic heterocycles. The van der Waals surface area contributed by atoms with Gasteiger partial charge in [-0.25, -0.2) is 0 Å². The van der Waals surface area contributed by atoms with E-state index in [0.29, 0.717) is 37.0 Å². The quantitative estimate of drug-likeness (QED) is 0.164. The number of aliphatic hydroxyl groups is 2. The molecule has 46 heavy (non-hydrogen) atoms. The van der Waals surface area contributed by atoms with Crippen LogP contribution >= 0.6 is 0 Å². The van der Waals surface area contributed by atoms with Crippen LogP contribution in [-0.4, -0.2) is 65.7 Å². The number of Topliss-reactive ketones (excluding diaryl/α,β-unsaturated/α-hetero) is 1. The van der Waals surface area contributed by atoms with Crippen molar-refractivity contribution < 1.29 is 48.8 Å². The molecule has 2 N–H and O–H groups in total. The van der Waals surface area contributed by atoms with Crippen LogP contribution in [0.1, 0.15) is 64.0 Å². The van der Waals surface area contributed by atoms with Crippen LogP contribution in [0.15, 0.2) is 48.1 Å². The average Bonchev–Trinajstić information content (AvgIpc) is 3.37. The van der Waals surface area contributed by atoms with Crippen molar-refractivity contribution in [2.75, 3.05) is 20.3 Å². The highest BCUT2D eigenvalue weighted by molar-refractivity contribution is 6.01. The molecule has 7 unspecified atom stereocenters. The minimum absolute atomic E-state index is 0.00805. The van der Waals surface area contributed by atoms with Crippen molar-refractivity contribution >= 4 is 24.0 Å². The number of fused-ring (bicyclic) bond motifs is 5. The molecule has 0 radical (unpaired) electrons. The van der Waals surface area contributed by atoms with E-state index in [-0.39, 0.29) is 65.7 Å². The summed E-state index contributed by atoms with van der Waals surface area (Å²) in [5.41, 5.74) is 1.56. The first kappa shape index (κ1) is 36.6. The Morgan fingerprint density at radius 1 is 1.15 bits per heavy atom. The third kappa shape index (κ3) is 8.08. The predicted octanol–water partition coefficient (Wildman–Crippen LogP) is 3.73. The first-order valence-electron chi connectivity index (χ1n) is 15.6. The molecule has 4 aliphatic carbocycles. The lowest BCUT2D eigenvalue weighted by molar-refractivity contribution is -0.763. The fraction of sp³-hybridized carbons (Fsp3) is 0.588. The van der Waals surface area contributed by atoms with E-state index in [1.807, 2.05) is 6.08 Å². The highest BCUT2D eigenvalue weighted by Gasteiger charge is 2.62. The Hall–Kier alpha value is -3.90. The topological polar surface area (TPSA) is 180 Å². The van der Waals surface area contributed by atoms with Gasteiger partial charge in [0, 0.05) is 24.4 Å². The number of benzene rings is 1. The van der Waals surface area contributed by atoms with Gasteiger partial charge in [0.05, 0.1) is 19.1 Å². The molecule has 1 aromatic rings. The van der Waals surface area contributed by atoms with Gasteiger partial charge in [0.15, 0.2) is 11.6 Å². The number of aliphatic hydroxyl groups excluding tert-OH is 2. The second kappa shape index (κ2) is 16.1. The van der Waals surface area contributed by atoms with Gasteiger partial charge in [0.2, 0.25) is 0 Å². The summed E-state index contributed by atoms with van der Waals surface area (Å²) in [7, 11) is 1.00. The summed E-state index contributed by atoms with van der Waals surface area (Å²) in [5, 5.41) is 28.0. The molecule has 12 nitrogen and oxygen atoms in total. The highest BCUT2D eigenvalue weighted by Crippen LogP contribution is 2.66. The maximum atomic E-state index is 13.4. The Morgan fingerprint density at radius 3 is 2.52 bits per heavy atom. The maximum Gasteiger partial charge on any atom is 0.310 e. The van der Waals surface area contributed by atoms with Gasteiger partial charge < -0.3 is 24.5 Å². The number of ketones is 2. The number of rotatable bonds is 10. The largest absolute Gasteiger partial charge is 0.468 e. The number of esters is 1. The van der Waals surface area contributed by atoms with E-state index in [2.05, 4.69) is 23.4 Å². The lowest BCUT2D eigenvalue weighted by atomic mass is 9.46. The third-order valence-corrected chi connectivity index (χ3v) is 10.2. The monoisotopic (exact) mass is 643 g/mol. The molecule has 7 atom stereocenters. The van der Waals surface area contributed by atoms with Crippen LogP contribution in [0.5, 0.6) is 0 Å². The fourth-order valence-corrected chi connectivity index (χ4v) is 8.35. The van der Waals surface area contributed by atoms with Gasteiger partial charge in [-0.15, -0.1) is 10.1 Å². The maximum absolute atomic E-state index is 13.4. The fourth-order valence-electron chi connectivity index (χ4n) is 8.35. The second-order valence-corrected chi connectivity index (χ2v) is 12.6. The molecular weight excluding hydrogens is 598 g/mol.